The Morgan fingerprint density at radius 1 is 1.25 bits per heavy atom. The maximum Gasteiger partial charge on any atom is 0.141 e. The van der Waals surface area contributed by atoms with E-state index in [1.165, 1.54) is 11.1 Å². The van der Waals surface area contributed by atoms with Crippen LogP contribution >= 0.6 is 24.0 Å². The summed E-state index contributed by atoms with van der Waals surface area (Å²) in [6.45, 7) is 9.22. The van der Waals surface area contributed by atoms with E-state index in [1.807, 2.05) is 6.07 Å². The van der Waals surface area contributed by atoms with Crippen molar-refractivity contribution in [2.45, 2.75) is 58.9 Å². The van der Waals surface area contributed by atoms with Gasteiger partial charge in [0.2, 0.25) is 0 Å². The zero-order valence-electron chi connectivity index (χ0n) is 12.9. The van der Waals surface area contributed by atoms with Crippen molar-refractivity contribution in [3.05, 3.63) is 28.3 Å². The van der Waals surface area contributed by atoms with Crippen LogP contribution in [0.15, 0.2) is 12.1 Å². The van der Waals surface area contributed by atoms with Crippen LogP contribution in [0.5, 0.6) is 5.75 Å². The summed E-state index contributed by atoms with van der Waals surface area (Å²) in [7, 11) is 0. The minimum absolute atomic E-state index is 0. The van der Waals surface area contributed by atoms with Crippen LogP contribution in [0, 0.1) is 0 Å². The molecule has 1 rings (SSSR count). The van der Waals surface area contributed by atoms with Crippen molar-refractivity contribution in [1.29, 1.82) is 0 Å². The van der Waals surface area contributed by atoms with Gasteiger partial charge in [-0.15, -0.1) is 12.4 Å². The first-order valence-electron chi connectivity index (χ1n) is 7.20. The first-order valence-corrected chi connectivity index (χ1v) is 7.58. The Labute approximate surface area is 134 Å². The Balaban J connectivity index is 0.00000361. The summed E-state index contributed by atoms with van der Waals surface area (Å²) in [6, 6.07) is 4.38. The Hall–Kier alpha value is -0.440. The molecular weight excluding hydrogens is 293 g/mol. The lowest BCUT2D eigenvalue weighted by Crippen LogP contribution is -2.21. The minimum atomic E-state index is 0. The molecule has 0 fully saturated rings. The largest absolute Gasteiger partial charge is 0.492 e. The molecule has 20 heavy (non-hydrogen) atoms. The van der Waals surface area contributed by atoms with Crippen molar-refractivity contribution >= 4 is 24.0 Å². The van der Waals surface area contributed by atoms with E-state index in [0.717, 1.165) is 25.0 Å². The third-order valence-corrected chi connectivity index (χ3v) is 3.51. The van der Waals surface area contributed by atoms with E-state index in [9.17, 15) is 0 Å². The van der Waals surface area contributed by atoms with Gasteiger partial charge in [-0.2, -0.15) is 0 Å². The molecule has 1 atom stereocenters. The molecule has 1 unspecified atom stereocenters. The highest BCUT2D eigenvalue weighted by atomic mass is 35.5. The van der Waals surface area contributed by atoms with Gasteiger partial charge in [0.25, 0.3) is 0 Å². The lowest BCUT2D eigenvalue weighted by Gasteiger charge is -2.18. The molecule has 0 bridgehead atoms. The lowest BCUT2D eigenvalue weighted by molar-refractivity contribution is 0.313. The Morgan fingerprint density at radius 3 is 2.40 bits per heavy atom. The monoisotopic (exact) mass is 319 g/mol. The average Bonchev–Trinajstić information content (AvgIpc) is 2.36. The fraction of sp³-hybridized carbons (Fsp3) is 0.625. The molecule has 0 aliphatic heterocycles. The number of hydrogen-bond acceptors (Lipinski definition) is 2. The molecule has 0 amide bonds. The van der Waals surface area contributed by atoms with Crippen LogP contribution in [0.25, 0.3) is 0 Å². The van der Waals surface area contributed by atoms with Crippen LogP contribution < -0.4 is 10.5 Å². The van der Waals surface area contributed by atoms with Crippen molar-refractivity contribution in [3.63, 3.8) is 0 Å². The Kier molecular flexibility index (Phi) is 9.28. The molecule has 0 aliphatic carbocycles. The van der Waals surface area contributed by atoms with E-state index in [-0.39, 0.29) is 18.4 Å². The fourth-order valence-corrected chi connectivity index (χ4v) is 2.33. The highest BCUT2D eigenvalue weighted by Crippen LogP contribution is 2.35. The zero-order chi connectivity index (χ0) is 14.4. The second kappa shape index (κ2) is 9.49. The molecule has 0 spiro atoms. The minimum Gasteiger partial charge on any atom is -0.492 e. The molecule has 4 heteroatoms. The van der Waals surface area contributed by atoms with Crippen molar-refractivity contribution in [3.8, 4) is 5.75 Å². The molecule has 1 aromatic rings. The van der Waals surface area contributed by atoms with Gasteiger partial charge in [0.15, 0.2) is 0 Å². The maximum absolute atomic E-state index is 6.38. The topological polar surface area (TPSA) is 35.2 Å². The summed E-state index contributed by atoms with van der Waals surface area (Å²) in [5.74, 6) is 1.23. The maximum atomic E-state index is 6.38. The number of nitrogens with two attached hydrogens (primary N) is 1. The van der Waals surface area contributed by atoms with Gasteiger partial charge >= 0.3 is 0 Å². The van der Waals surface area contributed by atoms with Crippen molar-refractivity contribution in [1.82, 2.24) is 0 Å². The number of benzene rings is 1. The van der Waals surface area contributed by atoms with Crippen LogP contribution in [0.4, 0.5) is 0 Å². The predicted molar refractivity (Wildman–Crippen MR) is 90.5 cm³/mol. The molecule has 0 heterocycles. The number of halogens is 2. The van der Waals surface area contributed by atoms with Gasteiger partial charge in [-0.05, 0) is 42.4 Å². The summed E-state index contributed by atoms with van der Waals surface area (Å²) in [4.78, 5) is 0. The molecule has 0 saturated heterocycles. The molecule has 2 N–H and O–H groups in total. The van der Waals surface area contributed by atoms with Crippen LogP contribution in [-0.2, 0) is 6.42 Å². The third-order valence-electron chi connectivity index (χ3n) is 3.23. The van der Waals surface area contributed by atoms with Gasteiger partial charge in [0, 0.05) is 6.04 Å². The predicted octanol–water partition coefficient (Wildman–Crippen LogP) is 4.95. The number of rotatable bonds is 7. The highest BCUT2D eigenvalue weighted by Gasteiger charge is 2.15. The molecule has 0 radical (unpaired) electrons. The van der Waals surface area contributed by atoms with Gasteiger partial charge in [-0.3, -0.25) is 0 Å². The first kappa shape index (κ1) is 19.6. The molecule has 0 aromatic heterocycles. The second-order valence-electron chi connectivity index (χ2n) is 5.37. The van der Waals surface area contributed by atoms with Crippen molar-refractivity contribution < 1.29 is 4.74 Å². The van der Waals surface area contributed by atoms with Gasteiger partial charge in [-0.1, -0.05) is 45.4 Å². The quantitative estimate of drug-likeness (QED) is 0.771. The van der Waals surface area contributed by atoms with E-state index in [2.05, 4.69) is 33.8 Å². The molecule has 116 valence electrons. The van der Waals surface area contributed by atoms with Crippen molar-refractivity contribution in [2.75, 3.05) is 6.61 Å². The van der Waals surface area contributed by atoms with Crippen LogP contribution in [0.2, 0.25) is 5.02 Å². The van der Waals surface area contributed by atoms with Gasteiger partial charge in [-0.25, -0.2) is 0 Å². The number of ether oxygens (including phenoxy) is 1. The molecule has 1 aromatic carbocycles. The molecule has 2 nitrogen and oxygen atoms in total. The van der Waals surface area contributed by atoms with Gasteiger partial charge < -0.3 is 10.5 Å². The third kappa shape index (κ3) is 5.51. The Morgan fingerprint density at radius 2 is 1.90 bits per heavy atom. The zero-order valence-corrected chi connectivity index (χ0v) is 14.5. The summed E-state index contributed by atoms with van der Waals surface area (Å²) in [6.07, 6.45) is 2.82. The highest BCUT2D eigenvalue weighted by molar-refractivity contribution is 6.32. The summed E-state index contributed by atoms with van der Waals surface area (Å²) in [5.41, 5.74) is 8.41. The van der Waals surface area contributed by atoms with E-state index in [4.69, 9.17) is 22.1 Å². The van der Waals surface area contributed by atoms with Gasteiger partial charge in [0.05, 0.1) is 11.6 Å². The summed E-state index contributed by atoms with van der Waals surface area (Å²) in [5, 5.41) is 0.706. The second-order valence-corrected chi connectivity index (χ2v) is 5.78. The standard InChI is InChI=1S/C16H26ClNO.ClH/c1-5-7-19-16-14(11(3)4)9-12(10-15(16)17)8-13(18)6-2;/h9-11,13H,5-8,18H2,1-4H3;1H. The van der Waals surface area contributed by atoms with Crippen LogP contribution in [0.1, 0.15) is 57.6 Å². The van der Waals surface area contributed by atoms with Crippen molar-refractivity contribution in [2.24, 2.45) is 5.73 Å². The van der Waals surface area contributed by atoms with E-state index in [1.54, 1.807) is 0 Å². The smallest absolute Gasteiger partial charge is 0.141 e. The molecule has 0 aliphatic rings. The molecular formula is C16H27Cl2NO. The normalized spacial score (nSPS) is 12.2. The van der Waals surface area contributed by atoms with E-state index in [0.29, 0.717) is 17.5 Å². The number of hydrogen-bond donors (Lipinski definition) is 1. The van der Waals surface area contributed by atoms with Crippen LogP contribution in [-0.4, -0.2) is 12.6 Å². The van der Waals surface area contributed by atoms with E-state index >= 15 is 0 Å². The SMILES string of the molecule is CCCOc1c(Cl)cc(CC(N)CC)cc1C(C)C.Cl. The van der Waals surface area contributed by atoms with Crippen LogP contribution in [0.3, 0.4) is 0 Å². The van der Waals surface area contributed by atoms with E-state index < -0.39 is 0 Å². The summed E-state index contributed by atoms with van der Waals surface area (Å²) < 4.78 is 5.80. The fourth-order valence-electron chi connectivity index (χ4n) is 2.02. The summed E-state index contributed by atoms with van der Waals surface area (Å²) >= 11 is 6.38. The Bertz CT molecular complexity index is 408. The lowest BCUT2D eigenvalue weighted by atomic mass is 9.96. The first-order chi connectivity index (χ1) is 8.99. The molecule has 0 saturated carbocycles. The van der Waals surface area contributed by atoms with Gasteiger partial charge in [0.1, 0.15) is 5.75 Å². The average molecular weight is 320 g/mol.